The van der Waals surface area contributed by atoms with Gasteiger partial charge < -0.3 is 40.1 Å². The minimum absolute atomic E-state index is 0.193. The Kier molecular flexibility index (Phi) is 8.05. The number of aliphatic hydroxyl groups is 3. The summed E-state index contributed by atoms with van der Waals surface area (Å²) < 4.78 is 32.1. The first-order chi connectivity index (χ1) is 15.5. The number of aromatic amines is 1. The van der Waals surface area contributed by atoms with E-state index in [2.05, 4.69) is 34.5 Å². The molecule has 1 unspecified atom stereocenters. The van der Waals surface area contributed by atoms with Gasteiger partial charge in [-0.2, -0.15) is 0 Å². The SMILES string of the molecule is Cc1cc(CNc2ncnc3nc[nH]c23)ccc1F.O=P(O)(O)OC[C@H]1OC(O)[C@H](O)[C@@H]1O. The van der Waals surface area contributed by atoms with Crippen LogP contribution in [0.5, 0.6) is 0 Å². The summed E-state index contributed by atoms with van der Waals surface area (Å²) in [5, 5.41) is 30.2. The maximum atomic E-state index is 13.2. The van der Waals surface area contributed by atoms with Crippen LogP contribution in [-0.4, -0.2) is 76.3 Å². The van der Waals surface area contributed by atoms with Crippen LogP contribution < -0.4 is 5.32 Å². The first kappa shape index (κ1) is 25.1. The molecule has 1 aliphatic heterocycles. The van der Waals surface area contributed by atoms with Gasteiger partial charge in [-0.3, -0.25) is 4.52 Å². The van der Waals surface area contributed by atoms with Crippen molar-refractivity contribution in [2.45, 2.75) is 38.1 Å². The van der Waals surface area contributed by atoms with Crippen molar-refractivity contribution in [1.29, 1.82) is 0 Å². The number of aliphatic hydroxyl groups excluding tert-OH is 3. The third-order valence-corrected chi connectivity index (χ3v) is 5.13. The third-order valence-electron chi connectivity index (χ3n) is 4.65. The molecule has 0 spiro atoms. The molecule has 4 atom stereocenters. The number of aryl methyl sites for hydroxylation is 1. The molecule has 1 aromatic carbocycles. The standard InChI is InChI=1S/C13H12FN5.C5H11O8P/c1-8-4-9(2-3-10(8)14)5-15-12-11-13(17-6-16-11)19-7-18-12;6-3-2(1-12-14(9,10)11)13-5(8)4(3)7/h2-4,6-7H,5H2,1H3,(H2,15,16,17,18,19);2-8H,1H2,(H2,9,10,11)/t;2-,3-,4-,5?/m.1/s1. The van der Waals surface area contributed by atoms with Crippen LogP contribution in [-0.2, 0) is 20.4 Å². The Labute approximate surface area is 186 Å². The molecular weight excluding hydrogens is 464 g/mol. The van der Waals surface area contributed by atoms with E-state index < -0.39 is 39.0 Å². The number of aromatic nitrogens is 4. The number of hydrogen-bond acceptors (Lipinski definition) is 10. The number of H-pyrrole nitrogens is 1. The van der Waals surface area contributed by atoms with Gasteiger partial charge in [0.1, 0.15) is 36.0 Å². The van der Waals surface area contributed by atoms with Crippen molar-refractivity contribution in [1.82, 2.24) is 19.9 Å². The van der Waals surface area contributed by atoms with Crippen LogP contribution in [0.25, 0.3) is 11.2 Å². The number of ether oxygens (including phenoxy) is 1. The van der Waals surface area contributed by atoms with E-state index in [9.17, 15) is 8.96 Å². The Hall–Kier alpha value is -2.55. The van der Waals surface area contributed by atoms with Crippen LogP contribution in [0.3, 0.4) is 0 Å². The molecule has 0 saturated carbocycles. The zero-order chi connectivity index (χ0) is 24.2. The smallest absolute Gasteiger partial charge is 0.387 e. The van der Waals surface area contributed by atoms with Crippen LogP contribution in [0, 0.1) is 12.7 Å². The number of fused-ring (bicyclic) bond motifs is 1. The summed E-state index contributed by atoms with van der Waals surface area (Å²) in [5.41, 5.74) is 3.01. The van der Waals surface area contributed by atoms with Gasteiger partial charge in [-0.1, -0.05) is 12.1 Å². The lowest BCUT2D eigenvalue weighted by molar-refractivity contribution is -0.132. The number of halogens is 1. The lowest BCUT2D eigenvalue weighted by Crippen LogP contribution is -2.34. The number of nitrogens with zero attached hydrogens (tertiary/aromatic N) is 3. The predicted molar refractivity (Wildman–Crippen MR) is 111 cm³/mol. The highest BCUT2D eigenvalue weighted by molar-refractivity contribution is 7.46. The number of hydrogen-bond donors (Lipinski definition) is 7. The van der Waals surface area contributed by atoms with Crippen molar-refractivity contribution >= 4 is 24.8 Å². The largest absolute Gasteiger partial charge is 0.469 e. The number of benzene rings is 1. The number of imidazole rings is 1. The highest BCUT2D eigenvalue weighted by Crippen LogP contribution is 2.37. The molecule has 2 aromatic heterocycles. The fraction of sp³-hybridized carbons (Fsp3) is 0.389. The lowest BCUT2D eigenvalue weighted by atomic mass is 10.1. The average Bonchev–Trinajstić information content (AvgIpc) is 3.34. The van der Waals surface area contributed by atoms with Crippen LogP contribution in [0.1, 0.15) is 11.1 Å². The number of nitrogens with one attached hydrogen (secondary N) is 2. The van der Waals surface area contributed by atoms with Gasteiger partial charge in [-0.15, -0.1) is 0 Å². The minimum atomic E-state index is -4.64. The van der Waals surface area contributed by atoms with Crippen molar-refractivity contribution in [2.75, 3.05) is 11.9 Å². The number of phosphoric acid groups is 1. The minimum Gasteiger partial charge on any atom is -0.387 e. The molecule has 3 heterocycles. The maximum absolute atomic E-state index is 13.2. The third kappa shape index (κ3) is 6.72. The van der Waals surface area contributed by atoms with E-state index in [1.54, 1.807) is 19.3 Å². The van der Waals surface area contributed by atoms with E-state index >= 15 is 0 Å². The van der Waals surface area contributed by atoms with Crippen molar-refractivity contribution < 1.29 is 43.3 Å². The first-order valence-electron chi connectivity index (χ1n) is 9.58. The van der Waals surface area contributed by atoms with E-state index in [0.29, 0.717) is 23.6 Å². The van der Waals surface area contributed by atoms with Gasteiger partial charge in [0.15, 0.2) is 17.8 Å². The van der Waals surface area contributed by atoms with Gasteiger partial charge >= 0.3 is 7.82 Å². The van der Waals surface area contributed by atoms with Crippen LogP contribution >= 0.6 is 7.82 Å². The summed E-state index contributed by atoms with van der Waals surface area (Å²) in [6.07, 6.45) is -2.63. The van der Waals surface area contributed by atoms with Crippen molar-refractivity contribution in [3.63, 3.8) is 0 Å². The summed E-state index contributed by atoms with van der Waals surface area (Å²) in [4.78, 5) is 31.9. The van der Waals surface area contributed by atoms with Crippen LogP contribution in [0.15, 0.2) is 30.9 Å². The maximum Gasteiger partial charge on any atom is 0.469 e. The molecule has 0 aliphatic carbocycles. The predicted octanol–water partition coefficient (Wildman–Crippen LogP) is -0.0528. The van der Waals surface area contributed by atoms with E-state index in [4.69, 9.17) is 25.1 Å². The van der Waals surface area contributed by atoms with Gasteiger partial charge in [0.25, 0.3) is 0 Å². The molecule has 7 N–H and O–H groups in total. The molecule has 1 fully saturated rings. The average molecular weight is 487 g/mol. The second kappa shape index (κ2) is 10.6. The van der Waals surface area contributed by atoms with Gasteiger partial charge in [-0.25, -0.2) is 23.9 Å². The first-order valence-corrected chi connectivity index (χ1v) is 11.1. The second-order valence-electron chi connectivity index (χ2n) is 7.09. The second-order valence-corrected chi connectivity index (χ2v) is 8.33. The summed E-state index contributed by atoms with van der Waals surface area (Å²) >= 11 is 0. The van der Waals surface area contributed by atoms with Crippen molar-refractivity contribution in [3.8, 4) is 0 Å². The molecule has 1 saturated heterocycles. The quantitative estimate of drug-likeness (QED) is 0.229. The Morgan fingerprint density at radius 1 is 1.21 bits per heavy atom. The van der Waals surface area contributed by atoms with E-state index in [0.717, 1.165) is 11.1 Å². The molecule has 1 aliphatic rings. The zero-order valence-corrected chi connectivity index (χ0v) is 18.1. The Balaban J connectivity index is 0.000000196. The molecule has 0 radical (unpaired) electrons. The number of phosphoric ester groups is 1. The van der Waals surface area contributed by atoms with Gasteiger partial charge in [0, 0.05) is 6.54 Å². The Morgan fingerprint density at radius 2 is 1.97 bits per heavy atom. The Bertz CT molecular complexity index is 1130. The van der Waals surface area contributed by atoms with Crippen LogP contribution in [0.2, 0.25) is 0 Å². The molecule has 33 heavy (non-hydrogen) atoms. The number of anilines is 1. The summed E-state index contributed by atoms with van der Waals surface area (Å²) in [7, 11) is -4.64. The van der Waals surface area contributed by atoms with Gasteiger partial charge in [0.2, 0.25) is 0 Å². The molecule has 0 amide bonds. The molecule has 180 valence electrons. The van der Waals surface area contributed by atoms with E-state index in [1.807, 2.05) is 6.07 Å². The molecule has 0 bridgehead atoms. The van der Waals surface area contributed by atoms with Crippen molar-refractivity contribution in [2.24, 2.45) is 0 Å². The van der Waals surface area contributed by atoms with Crippen molar-refractivity contribution in [3.05, 3.63) is 47.8 Å². The number of rotatable bonds is 6. The Morgan fingerprint density at radius 3 is 2.61 bits per heavy atom. The fourth-order valence-corrected chi connectivity index (χ4v) is 3.28. The summed E-state index contributed by atoms with van der Waals surface area (Å²) in [6, 6.07) is 5.03. The summed E-state index contributed by atoms with van der Waals surface area (Å²) in [6.45, 7) is 1.70. The van der Waals surface area contributed by atoms with Gasteiger partial charge in [-0.05, 0) is 24.1 Å². The molecular formula is C18H23FN5O8P. The fourth-order valence-electron chi connectivity index (χ4n) is 2.94. The highest BCUT2D eigenvalue weighted by Gasteiger charge is 2.42. The summed E-state index contributed by atoms with van der Waals surface area (Å²) in [5.74, 6) is 0.492. The molecule has 4 rings (SSSR count). The lowest BCUT2D eigenvalue weighted by Gasteiger charge is -2.14. The molecule has 13 nitrogen and oxygen atoms in total. The normalized spacial score (nSPS) is 22.8. The van der Waals surface area contributed by atoms with E-state index in [-0.39, 0.29) is 5.82 Å². The molecule has 15 heteroatoms. The molecule has 3 aromatic rings. The monoisotopic (exact) mass is 487 g/mol. The zero-order valence-electron chi connectivity index (χ0n) is 17.2. The highest BCUT2D eigenvalue weighted by atomic mass is 31.2. The van der Waals surface area contributed by atoms with E-state index in [1.165, 1.54) is 12.4 Å². The van der Waals surface area contributed by atoms with Crippen LogP contribution in [0.4, 0.5) is 10.2 Å². The topological polar surface area (TPSA) is 203 Å². The van der Waals surface area contributed by atoms with Gasteiger partial charge in [0.05, 0.1) is 12.9 Å².